The maximum atomic E-state index is 13.1. The van der Waals surface area contributed by atoms with E-state index in [-0.39, 0.29) is 11.9 Å². The second kappa shape index (κ2) is 7.20. The lowest BCUT2D eigenvalue weighted by Gasteiger charge is -2.26. The van der Waals surface area contributed by atoms with Crippen LogP contribution in [-0.4, -0.2) is 27.5 Å². The number of aromatic nitrogens is 2. The number of halogens is 1. The molecule has 0 radical (unpaired) electrons. The number of carbonyl (C=O) groups excluding carboxylic acids is 1. The van der Waals surface area contributed by atoms with Crippen molar-refractivity contribution in [3.8, 4) is 11.3 Å². The first-order chi connectivity index (χ1) is 13.1. The van der Waals surface area contributed by atoms with Gasteiger partial charge in [-0.15, -0.1) is 0 Å². The first-order valence-electron chi connectivity index (χ1n) is 9.32. The van der Waals surface area contributed by atoms with Gasteiger partial charge in [0.2, 0.25) is 0 Å². The van der Waals surface area contributed by atoms with Gasteiger partial charge in [0.15, 0.2) is 0 Å². The van der Waals surface area contributed by atoms with Crippen molar-refractivity contribution in [3.63, 3.8) is 0 Å². The zero-order valence-electron chi connectivity index (χ0n) is 15.5. The van der Waals surface area contributed by atoms with E-state index in [2.05, 4.69) is 48.3 Å². The molecule has 1 atom stereocenters. The number of hydrogen-bond donors (Lipinski definition) is 1. The SMILES string of the molecule is CCCCN1C(=O)c2[nH]nc(-c3ccc(C)cc3)c2C1c1ccc(Cl)cc1. The van der Waals surface area contributed by atoms with E-state index in [0.717, 1.165) is 41.8 Å². The van der Waals surface area contributed by atoms with E-state index in [1.807, 2.05) is 29.2 Å². The molecular weight excluding hydrogens is 358 g/mol. The number of hydrogen-bond acceptors (Lipinski definition) is 2. The van der Waals surface area contributed by atoms with Gasteiger partial charge in [0.05, 0.1) is 11.7 Å². The molecule has 3 aromatic rings. The molecule has 0 spiro atoms. The van der Waals surface area contributed by atoms with Crippen LogP contribution in [0.4, 0.5) is 0 Å². The summed E-state index contributed by atoms with van der Waals surface area (Å²) in [6, 6.07) is 15.9. The van der Waals surface area contributed by atoms with Gasteiger partial charge in [0.25, 0.3) is 5.91 Å². The second-order valence-electron chi connectivity index (χ2n) is 7.03. The van der Waals surface area contributed by atoms with Gasteiger partial charge in [0.1, 0.15) is 5.69 Å². The topological polar surface area (TPSA) is 49.0 Å². The highest BCUT2D eigenvalue weighted by Crippen LogP contribution is 2.43. The Labute approximate surface area is 164 Å². The highest BCUT2D eigenvalue weighted by Gasteiger charge is 2.41. The predicted molar refractivity (Wildman–Crippen MR) is 108 cm³/mol. The lowest BCUT2D eigenvalue weighted by molar-refractivity contribution is 0.0741. The minimum Gasteiger partial charge on any atom is -0.326 e. The molecule has 1 N–H and O–H groups in total. The van der Waals surface area contributed by atoms with Crippen LogP contribution in [0.2, 0.25) is 5.02 Å². The van der Waals surface area contributed by atoms with Gasteiger partial charge in [-0.3, -0.25) is 9.89 Å². The van der Waals surface area contributed by atoms with Crippen molar-refractivity contribution in [3.05, 3.63) is 75.9 Å². The Morgan fingerprint density at radius 3 is 2.48 bits per heavy atom. The second-order valence-corrected chi connectivity index (χ2v) is 7.47. The molecule has 1 unspecified atom stereocenters. The van der Waals surface area contributed by atoms with E-state index in [1.54, 1.807) is 0 Å². The summed E-state index contributed by atoms with van der Waals surface area (Å²) in [5.74, 6) is 0.0178. The van der Waals surface area contributed by atoms with E-state index >= 15 is 0 Å². The number of nitrogens with one attached hydrogen (secondary N) is 1. The van der Waals surface area contributed by atoms with E-state index in [1.165, 1.54) is 5.56 Å². The molecule has 0 bridgehead atoms. The van der Waals surface area contributed by atoms with E-state index < -0.39 is 0 Å². The molecule has 0 saturated carbocycles. The number of aromatic amines is 1. The van der Waals surface area contributed by atoms with Crippen LogP contribution in [0.15, 0.2) is 48.5 Å². The standard InChI is InChI=1S/C22H22ClN3O/c1-3-4-13-26-21(16-9-11-17(23)12-10-16)18-19(24-25-20(18)22(26)27)15-7-5-14(2)6-8-15/h5-12,21H,3-4,13H2,1-2H3,(H,24,25). The van der Waals surface area contributed by atoms with Crippen LogP contribution in [0.1, 0.15) is 53.0 Å². The first-order valence-corrected chi connectivity index (χ1v) is 9.69. The summed E-state index contributed by atoms with van der Waals surface area (Å²) in [5, 5.41) is 8.19. The molecule has 0 fully saturated rings. The largest absolute Gasteiger partial charge is 0.326 e. The molecule has 2 aromatic carbocycles. The van der Waals surface area contributed by atoms with Gasteiger partial charge in [-0.1, -0.05) is 66.9 Å². The molecule has 4 nitrogen and oxygen atoms in total. The molecule has 4 rings (SSSR count). The molecule has 1 aliphatic heterocycles. The summed E-state index contributed by atoms with van der Waals surface area (Å²) in [7, 11) is 0. The maximum absolute atomic E-state index is 13.1. The van der Waals surface area contributed by atoms with Crippen molar-refractivity contribution in [1.82, 2.24) is 15.1 Å². The molecule has 5 heteroatoms. The number of nitrogens with zero attached hydrogens (tertiary/aromatic N) is 2. The maximum Gasteiger partial charge on any atom is 0.273 e. The Morgan fingerprint density at radius 2 is 1.81 bits per heavy atom. The normalized spacial score (nSPS) is 16.0. The average Bonchev–Trinajstić information content (AvgIpc) is 3.21. The smallest absolute Gasteiger partial charge is 0.273 e. The van der Waals surface area contributed by atoms with Crippen molar-refractivity contribution in [1.29, 1.82) is 0 Å². The Bertz CT molecular complexity index is 960. The highest BCUT2D eigenvalue weighted by molar-refractivity contribution is 6.30. The van der Waals surface area contributed by atoms with Crippen LogP contribution in [0.3, 0.4) is 0 Å². The fraction of sp³-hybridized carbons (Fsp3) is 0.273. The average molecular weight is 380 g/mol. The molecule has 138 valence electrons. The number of carbonyl (C=O) groups is 1. The van der Waals surface area contributed by atoms with Crippen molar-refractivity contribution in [2.45, 2.75) is 32.7 Å². The number of fused-ring (bicyclic) bond motifs is 1. The van der Waals surface area contributed by atoms with E-state index in [4.69, 9.17) is 11.6 Å². The Balaban J connectivity index is 1.84. The van der Waals surface area contributed by atoms with Gasteiger partial charge in [-0.2, -0.15) is 5.10 Å². The summed E-state index contributed by atoms with van der Waals surface area (Å²) >= 11 is 6.09. The quantitative estimate of drug-likeness (QED) is 0.646. The van der Waals surface area contributed by atoms with Crippen LogP contribution in [-0.2, 0) is 0 Å². The van der Waals surface area contributed by atoms with Crippen molar-refractivity contribution >= 4 is 17.5 Å². The molecular formula is C22H22ClN3O. The third kappa shape index (κ3) is 3.15. The fourth-order valence-electron chi connectivity index (χ4n) is 3.68. The summed E-state index contributed by atoms with van der Waals surface area (Å²) in [4.78, 5) is 15.0. The molecule has 1 aliphatic rings. The minimum absolute atomic E-state index is 0.0178. The van der Waals surface area contributed by atoms with Gasteiger partial charge in [-0.05, 0) is 31.0 Å². The van der Waals surface area contributed by atoms with Gasteiger partial charge in [-0.25, -0.2) is 0 Å². The highest BCUT2D eigenvalue weighted by atomic mass is 35.5. The Morgan fingerprint density at radius 1 is 1.11 bits per heavy atom. The predicted octanol–water partition coefficient (Wildman–Crippen LogP) is 5.38. The summed E-state index contributed by atoms with van der Waals surface area (Å²) in [5.41, 5.74) is 5.67. The number of benzene rings is 2. The Hall–Kier alpha value is -2.59. The molecule has 0 saturated heterocycles. The lowest BCUT2D eigenvalue weighted by Crippen LogP contribution is -2.30. The lowest BCUT2D eigenvalue weighted by atomic mass is 9.95. The van der Waals surface area contributed by atoms with Crippen molar-refractivity contribution in [2.75, 3.05) is 6.54 Å². The van der Waals surface area contributed by atoms with E-state index in [0.29, 0.717) is 10.7 Å². The van der Waals surface area contributed by atoms with Crippen molar-refractivity contribution in [2.24, 2.45) is 0 Å². The zero-order chi connectivity index (χ0) is 19.0. The third-order valence-corrected chi connectivity index (χ3v) is 5.38. The number of unbranched alkanes of at least 4 members (excludes halogenated alkanes) is 1. The molecule has 1 aromatic heterocycles. The minimum atomic E-state index is -0.147. The summed E-state index contributed by atoms with van der Waals surface area (Å²) in [6.45, 7) is 4.92. The first kappa shape index (κ1) is 17.8. The number of aryl methyl sites for hydroxylation is 1. The zero-order valence-corrected chi connectivity index (χ0v) is 16.3. The third-order valence-electron chi connectivity index (χ3n) is 5.13. The number of amides is 1. The number of rotatable bonds is 5. The summed E-state index contributed by atoms with van der Waals surface area (Å²) < 4.78 is 0. The monoisotopic (exact) mass is 379 g/mol. The molecule has 27 heavy (non-hydrogen) atoms. The van der Waals surface area contributed by atoms with Crippen LogP contribution >= 0.6 is 11.6 Å². The molecule has 2 heterocycles. The number of H-pyrrole nitrogens is 1. The Kier molecular flexibility index (Phi) is 4.75. The van der Waals surface area contributed by atoms with Gasteiger partial charge in [0, 0.05) is 22.7 Å². The molecule has 1 amide bonds. The summed E-state index contributed by atoms with van der Waals surface area (Å²) in [6.07, 6.45) is 2.00. The van der Waals surface area contributed by atoms with Crippen LogP contribution < -0.4 is 0 Å². The van der Waals surface area contributed by atoms with E-state index in [9.17, 15) is 4.79 Å². The fourth-order valence-corrected chi connectivity index (χ4v) is 3.80. The van der Waals surface area contributed by atoms with Crippen LogP contribution in [0, 0.1) is 6.92 Å². The van der Waals surface area contributed by atoms with Gasteiger partial charge < -0.3 is 4.90 Å². The molecule has 0 aliphatic carbocycles. The van der Waals surface area contributed by atoms with Crippen molar-refractivity contribution < 1.29 is 4.79 Å². The van der Waals surface area contributed by atoms with Crippen LogP contribution in [0.5, 0.6) is 0 Å². The van der Waals surface area contributed by atoms with Crippen LogP contribution in [0.25, 0.3) is 11.3 Å². The van der Waals surface area contributed by atoms with Gasteiger partial charge >= 0.3 is 0 Å².